The Balaban J connectivity index is 1.48. The van der Waals surface area contributed by atoms with E-state index < -0.39 is 0 Å². The number of rotatable bonds is 8. The number of amides is 1. The van der Waals surface area contributed by atoms with Crippen molar-refractivity contribution in [1.82, 2.24) is 14.8 Å². The lowest BCUT2D eigenvalue weighted by molar-refractivity contribution is -0.113. The number of benzene rings is 2. The topological polar surface area (TPSA) is 59.8 Å². The lowest BCUT2D eigenvalue weighted by Gasteiger charge is -2.07. The maximum absolute atomic E-state index is 12.2. The SMILES string of the molecule is Cc1ccc(NC(=O)CSc2nnc(CSCc3ccccc3)n2C)cc1Cl. The zero-order valence-corrected chi connectivity index (χ0v) is 18.1. The molecule has 0 aliphatic heterocycles. The van der Waals surface area contributed by atoms with E-state index in [-0.39, 0.29) is 11.7 Å². The molecule has 1 N–H and O–H groups in total. The highest BCUT2D eigenvalue weighted by Gasteiger charge is 2.12. The van der Waals surface area contributed by atoms with Crippen LogP contribution in [0, 0.1) is 6.92 Å². The fraction of sp³-hybridized carbons (Fsp3) is 0.250. The lowest BCUT2D eigenvalue weighted by Crippen LogP contribution is -2.14. The molecule has 146 valence electrons. The minimum Gasteiger partial charge on any atom is -0.325 e. The fourth-order valence-corrected chi connectivity index (χ4v) is 4.30. The number of halogens is 1. The molecule has 0 aliphatic carbocycles. The Kier molecular flexibility index (Phi) is 7.42. The molecule has 0 bridgehead atoms. The maximum atomic E-state index is 12.2. The third-order valence-electron chi connectivity index (χ3n) is 4.06. The van der Waals surface area contributed by atoms with E-state index in [2.05, 4.69) is 27.6 Å². The average molecular weight is 433 g/mol. The van der Waals surface area contributed by atoms with Gasteiger partial charge in [0.15, 0.2) is 5.16 Å². The first-order valence-electron chi connectivity index (χ1n) is 8.71. The van der Waals surface area contributed by atoms with Crippen molar-refractivity contribution in [2.75, 3.05) is 11.1 Å². The lowest BCUT2D eigenvalue weighted by atomic mass is 10.2. The molecule has 28 heavy (non-hydrogen) atoms. The van der Waals surface area contributed by atoms with Crippen LogP contribution in [0.3, 0.4) is 0 Å². The maximum Gasteiger partial charge on any atom is 0.234 e. The van der Waals surface area contributed by atoms with Gasteiger partial charge in [-0.3, -0.25) is 4.79 Å². The van der Waals surface area contributed by atoms with Crippen molar-refractivity contribution in [1.29, 1.82) is 0 Å². The van der Waals surface area contributed by atoms with Gasteiger partial charge in [0.2, 0.25) is 5.91 Å². The second-order valence-corrected chi connectivity index (χ2v) is 8.57. The number of nitrogens with one attached hydrogen (secondary N) is 1. The molecule has 1 heterocycles. The summed E-state index contributed by atoms with van der Waals surface area (Å²) in [7, 11) is 1.93. The van der Waals surface area contributed by atoms with Gasteiger partial charge in [0.05, 0.1) is 11.5 Å². The van der Waals surface area contributed by atoms with Gasteiger partial charge in [-0.05, 0) is 30.2 Å². The average Bonchev–Trinajstić information content (AvgIpc) is 3.04. The molecular weight excluding hydrogens is 412 g/mol. The largest absolute Gasteiger partial charge is 0.325 e. The van der Waals surface area contributed by atoms with Crippen molar-refractivity contribution in [2.24, 2.45) is 7.05 Å². The third-order valence-corrected chi connectivity index (χ3v) is 6.48. The molecule has 0 fully saturated rings. The normalized spacial score (nSPS) is 10.8. The Morgan fingerprint density at radius 1 is 1.14 bits per heavy atom. The van der Waals surface area contributed by atoms with Crippen molar-refractivity contribution in [2.45, 2.75) is 23.6 Å². The summed E-state index contributed by atoms with van der Waals surface area (Å²) in [5.41, 5.74) is 2.96. The van der Waals surface area contributed by atoms with Crippen LogP contribution < -0.4 is 5.32 Å². The van der Waals surface area contributed by atoms with Crippen LogP contribution in [0.1, 0.15) is 17.0 Å². The molecule has 0 saturated carbocycles. The van der Waals surface area contributed by atoms with Crippen LogP contribution in [0.2, 0.25) is 5.02 Å². The number of aryl methyl sites for hydroxylation is 1. The van der Waals surface area contributed by atoms with Crippen LogP contribution in [0.5, 0.6) is 0 Å². The summed E-state index contributed by atoms with van der Waals surface area (Å²) in [4.78, 5) is 12.2. The Labute approximate surface area is 178 Å². The number of anilines is 1. The van der Waals surface area contributed by atoms with Crippen LogP contribution >= 0.6 is 35.1 Å². The molecule has 3 rings (SSSR count). The number of carbonyl (C=O) groups excluding carboxylic acids is 1. The predicted molar refractivity (Wildman–Crippen MR) is 118 cm³/mol. The summed E-state index contributed by atoms with van der Waals surface area (Å²) in [5.74, 6) is 2.75. The van der Waals surface area contributed by atoms with Crippen LogP contribution in [0.15, 0.2) is 53.7 Å². The highest BCUT2D eigenvalue weighted by Crippen LogP contribution is 2.22. The van der Waals surface area contributed by atoms with Crippen molar-refractivity contribution in [3.05, 3.63) is 70.5 Å². The van der Waals surface area contributed by atoms with Crippen molar-refractivity contribution in [3.63, 3.8) is 0 Å². The van der Waals surface area contributed by atoms with Gasteiger partial charge < -0.3 is 9.88 Å². The summed E-state index contributed by atoms with van der Waals surface area (Å²) < 4.78 is 1.94. The first-order chi connectivity index (χ1) is 13.5. The standard InChI is InChI=1S/C20H21ClN4OS2/c1-14-8-9-16(10-17(14)21)22-19(26)13-28-20-24-23-18(25(20)2)12-27-11-15-6-4-3-5-7-15/h3-10H,11-13H2,1-2H3,(H,22,26). The minimum absolute atomic E-state index is 0.104. The number of thioether (sulfide) groups is 2. The highest BCUT2D eigenvalue weighted by atomic mass is 35.5. The Morgan fingerprint density at radius 3 is 2.68 bits per heavy atom. The number of carbonyl (C=O) groups is 1. The van der Waals surface area contributed by atoms with Crippen LogP contribution in [0.25, 0.3) is 0 Å². The Hall–Kier alpha value is -1.96. The number of aromatic nitrogens is 3. The summed E-state index contributed by atoms with van der Waals surface area (Å²) >= 11 is 9.25. The van der Waals surface area contributed by atoms with Gasteiger partial charge in [-0.25, -0.2) is 0 Å². The summed E-state index contributed by atoms with van der Waals surface area (Å²) in [6.07, 6.45) is 0. The molecule has 0 spiro atoms. The van der Waals surface area contributed by atoms with Crippen molar-refractivity contribution < 1.29 is 4.79 Å². The molecular formula is C20H21ClN4OS2. The zero-order chi connectivity index (χ0) is 19.9. The van der Waals surface area contributed by atoms with Gasteiger partial charge in [-0.1, -0.05) is 59.8 Å². The molecule has 3 aromatic rings. The first-order valence-corrected chi connectivity index (χ1v) is 11.2. The molecule has 1 amide bonds. The van der Waals surface area contributed by atoms with E-state index in [0.717, 1.165) is 28.0 Å². The number of hydrogen-bond acceptors (Lipinski definition) is 5. The summed E-state index contributed by atoms with van der Waals surface area (Å²) in [6, 6.07) is 15.8. The minimum atomic E-state index is -0.104. The molecule has 0 atom stereocenters. The van der Waals surface area contributed by atoms with E-state index in [9.17, 15) is 4.79 Å². The van der Waals surface area contributed by atoms with Gasteiger partial charge in [0.1, 0.15) is 5.82 Å². The van der Waals surface area contributed by atoms with Crippen LogP contribution in [0.4, 0.5) is 5.69 Å². The van der Waals surface area contributed by atoms with E-state index in [1.807, 2.05) is 48.9 Å². The Morgan fingerprint density at radius 2 is 1.93 bits per heavy atom. The smallest absolute Gasteiger partial charge is 0.234 e. The zero-order valence-electron chi connectivity index (χ0n) is 15.7. The van der Waals surface area contributed by atoms with Gasteiger partial charge in [-0.15, -0.1) is 22.0 Å². The first kappa shape index (κ1) is 20.8. The van der Waals surface area contributed by atoms with E-state index in [4.69, 9.17) is 11.6 Å². The van der Waals surface area contributed by atoms with Gasteiger partial charge in [0, 0.05) is 23.5 Å². The second kappa shape index (κ2) is 10.0. The summed E-state index contributed by atoms with van der Waals surface area (Å²) in [5, 5.41) is 12.7. The van der Waals surface area contributed by atoms with E-state index in [1.54, 1.807) is 17.8 Å². The molecule has 0 radical (unpaired) electrons. The number of hydrogen-bond donors (Lipinski definition) is 1. The van der Waals surface area contributed by atoms with E-state index in [0.29, 0.717) is 10.7 Å². The quantitative estimate of drug-likeness (QED) is 0.511. The van der Waals surface area contributed by atoms with E-state index >= 15 is 0 Å². The molecule has 0 aliphatic rings. The second-order valence-electron chi connectivity index (χ2n) is 6.24. The molecule has 1 aromatic heterocycles. The van der Waals surface area contributed by atoms with Crippen molar-refractivity contribution in [3.8, 4) is 0 Å². The highest BCUT2D eigenvalue weighted by molar-refractivity contribution is 7.99. The monoisotopic (exact) mass is 432 g/mol. The van der Waals surface area contributed by atoms with Crippen molar-refractivity contribution >= 4 is 46.7 Å². The summed E-state index contributed by atoms with van der Waals surface area (Å²) in [6.45, 7) is 1.92. The molecule has 2 aromatic carbocycles. The third kappa shape index (κ3) is 5.77. The van der Waals surface area contributed by atoms with Gasteiger partial charge in [-0.2, -0.15) is 0 Å². The van der Waals surface area contributed by atoms with Gasteiger partial charge >= 0.3 is 0 Å². The molecule has 0 unspecified atom stereocenters. The molecule has 5 nitrogen and oxygen atoms in total. The predicted octanol–water partition coefficient (Wildman–Crippen LogP) is 4.94. The van der Waals surface area contributed by atoms with Crippen LogP contribution in [-0.2, 0) is 23.3 Å². The number of nitrogens with zero attached hydrogens (tertiary/aromatic N) is 3. The Bertz CT molecular complexity index is 947. The molecule has 0 saturated heterocycles. The van der Waals surface area contributed by atoms with Crippen LogP contribution in [-0.4, -0.2) is 26.4 Å². The molecule has 8 heteroatoms. The fourth-order valence-electron chi connectivity index (χ4n) is 2.43. The van der Waals surface area contributed by atoms with Gasteiger partial charge in [0.25, 0.3) is 0 Å². The van der Waals surface area contributed by atoms with E-state index in [1.165, 1.54) is 17.3 Å².